The summed E-state index contributed by atoms with van der Waals surface area (Å²) in [5.41, 5.74) is 2.91. The Morgan fingerprint density at radius 3 is 2.38 bits per heavy atom. The van der Waals surface area contributed by atoms with E-state index in [2.05, 4.69) is 4.57 Å². The number of benzene rings is 2. The molecule has 0 spiro atoms. The maximum Gasteiger partial charge on any atom is 0.170 e. The van der Waals surface area contributed by atoms with Crippen molar-refractivity contribution in [3.8, 4) is 11.3 Å². The fourth-order valence-electron chi connectivity index (χ4n) is 2.58. The van der Waals surface area contributed by atoms with E-state index in [-0.39, 0.29) is 0 Å². The van der Waals surface area contributed by atoms with Crippen LogP contribution in [0.4, 0.5) is 5.82 Å². The second-order valence-corrected chi connectivity index (χ2v) is 7.32. The number of imidazole rings is 1. The summed E-state index contributed by atoms with van der Waals surface area (Å²) in [6.45, 7) is 0.924. The SMILES string of the molecule is Clc1ccc(/C=N/c2c(-c3ccc(Cl)cc3)nc3n2CCS3)cc1. The molecule has 0 atom stereocenters. The van der Waals surface area contributed by atoms with Crippen molar-refractivity contribution in [1.29, 1.82) is 0 Å². The van der Waals surface area contributed by atoms with Gasteiger partial charge in [-0.2, -0.15) is 0 Å². The number of fused-ring (bicyclic) bond motifs is 1. The van der Waals surface area contributed by atoms with Crippen molar-refractivity contribution >= 4 is 47.0 Å². The molecule has 1 aliphatic rings. The third-order valence-corrected chi connectivity index (χ3v) is 5.24. The molecule has 0 N–H and O–H groups in total. The van der Waals surface area contributed by atoms with Crippen molar-refractivity contribution in [3.05, 3.63) is 64.1 Å². The summed E-state index contributed by atoms with van der Waals surface area (Å²) in [5, 5.41) is 2.45. The lowest BCUT2D eigenvalue weighted by atomic mass is 10.1. The predicted molar refractivity (Wildman–Crippen MR) is 102 cm³/mol. The first-order valence-corrected chi connectivity index (χ1v) is 9.24. The Bertz CT molecular complexity index is 899. The van der Waals surface area contributed by atoms with Gasteiger partial charge in [0.05, 0.1) is 0 Å². The number of rotatable bonds is 3. The van der Waals surface area contributed by atoms with Crippen LogP contribution >= 0.6 is 35.0 Å². The molecule has 0 unspecified atom stereocenters. The minimum Gasteiger partial charge on any atom is -0.303 e. The van der Waals surface area contributed by atoms with E-state index in [9.17, 15) is 0 Å². The van der Waals surface area contributed by atoms with E-state index in [4.69, 9.17) is 33.2 Å². The molecule has 0 amide bonds. The molecule has 0 aliphatic carbocycles. The summed E-state index contributed by atoms with van der Waals surface area (Å²) in [5.74, 6) is 1.92. The summed E-state index contributed by atoms with van der Waals surface area (Å²) in [6.07, 6.45) is 1.85. The fourth-order valence-corrected chi connectivity index (χ4v) is 3.78. The van der Waals surface area contributed by atoms with Gasteiger partial charge >= 0.3 is 0 Å². The molecular weight excluding hydrogens is 361 g/mol. The molecule has 1 aromatic heterocycles. The Labute approximate surface area is 154 Å². The van der Waals surface area contributed by atoms with Gasteiger partial charge in [0.25, 0.3) is 0 Å². The molecule has 0 fully saturated rings. The fraction of sp³-hybridized carbons (Fsp3) is 0.111. The molecule has 24 heavy (non-hydrogen) atoms. The van der Waals surface area contributed by atoms with Gasteiger partial charge in [-0.3, -0.25) is 0 Å². The molecule has 3 nitrogen and oxygen atoms in total. The summed E-state index contributed by atoms with van der Waals surface area (Å²) in [4.78, 5) is 9.49. The van der Waals surface area contributed by atoms with Gasteiger partial charge in [0.1, 0.15) is 5.69 Å². The van der Waals surface area contributed by atoms with Crippen molar-refractivity contribution in [2.45, 2.75) is 11.7 Å². The van der Waals surface area contributed by atoms with Crippen LogP contribution in [0.5, 0.6) is 0 Å². The molecule has 6 heteroatoms. The van der Waals surface area contributed by atoms with E-state index >= 15 is 0 Å². The van der Waals surface area contributed by atoms with Crippen molar-refractivity contribution in [1.82, 2.24) is 9.55 Å². The number of aromatic nitrogens is 2. The second-order valence-electron chi connectivity index (χ2n) is 5.38. The van der Waals surface area contributed by atoms with Gasteiger partial charge in [-0.05, 0) is 29.8 Å². The molecule has 2 heterocycles. The lowest BCUT2D eigenvalue weighted by Gasteiger charge is -2.03. The highest BCUT2D eigenvalue weighted by atomic mass is 35.5. The van der Waals surface area contributed by atoms with Crippen LogP contribution in [0.3, 0.4) is 0 Å². The minimum atomic E-state index is 0.714. The zero-order valence-corrected chi connectivity index (χ0v) is 14.9. The number of halogens is 2. The van der Waals surface area contributed by atoms with Crippen LogP contribution in [0.15, 0.2) is 58.7 Å². The molecule has 0 saturated carbocycles. The van der Waals surface area contributed by atoms with Crippen LogP contribution in [0, 0.1) is 0 Å². The van der Waals surface area contributed by atoms with Crippen LogP contribution in [0.25, 0.3) is 11.3 Å². The summed E-state index contributed by atoms with van der Waals surface area (Å²) >= 11 is 13.7. The zero-order valence-electron chi connectivity index (χ0n) is 12.6. The zero-order chi connectivity index (χ0) is 16.5. The Balaban J connectivity index is 1.76. The van der Waals surface area contributed by atoms with Gasteiger partial charge in [0.2, 0.25) is 0 Å². The van der Waals surface area contributed by atoms with Crippen LogP contribution in [0.1, 0.15) is 5.56 Å². The second kappa shape index (κ2) is 6.63. The molecule has 2 aromatic carbocycles. The quantitative estimate of drug-likeness (QED) is 0.550. The Kier molecular flexibility index (Phi) is 4.35. The number of nitrogens with zero attached hydrogens (tertiary/aromatic N) is 3. The normalized spacial score (nSPS) is 13.6. The topological polar surface area (TPSA) is 30.2 Å². The van der Waals surface area contributed by atoms with Crippen LogP contribution in [-0.2, 0) is 6.54 Å². The van der Waals surface area contributed by atoms with Gasteiger partial charge in [-0.15, -0.1) is 0 Å². The maximum absolute atomic E-state index is 6.00. The van der Waals surface area contributed by atoms with Crippen molar-refractivity contribution in [2.24, 2.45) is 4.99 Å². The van der Waals surface area contributed by atoms with Crippen LogP contribution in [-0.4, -0.2) is 21.5 Å². The third kappa shape index (κ3) is 3.09. The van der Waals surface area contributed by atoms with Crippen molar-refractivity contribution in [3.63, 3.8) is 0 Å². The first kappa shape index (κ1) is 15.8. The molecule has 3 aromatic rings. The van der Waals surface area contributed by atoms with Crippen molar-refractivity contribution < 1.29 is 0 Å². The molecule has 1 aliphatic heterocycles. The smallest absolute Gasteiger partial charge is 0.170 e. The molecule has 0 saturated heterocycles. The average Bonchev–Trinajstić information content (AvgIpc) is 3.17. The van der Waals surface area contributed by atoms with Gasteiger partial charge in [-0.1, -0.05) is 59.2 Å². The summed E-state index contributed by atoms with van der Waals surface area (Å²) in [7, 11) is 0. The number of aliphatic imine (C=N–C) groups is 1. The first-order valence-electron chi connectivity index (χ1n) is 7.49. The largest absolute Gasteiger partial charge is 0.303 e. The van der Waals surface area contributed by atoms with E-state index in [1.54, 1.807) is 11.8 Å². The van der Waals surface area contributed by atoms with Crippen molar-refractivity contribution in [2.75, 3.05) is 5.75 Å². The monoisotopic (exact) mass is 373 g/mol. The first-order chi connectivity index (χ1) is 11.7. The minimum absolute atomic E-state index is 0.714. The average molecular weight is 374 g/mol. The van der Waals surface area contributed by atoms with E-state index in [0.29, 0.717) is 5.02 Å². The highest BCUT2D eigenvalue weighted by Crippen LogP contribution is 2.38. The maximum atomic E-state index is 6.00. The van der Waals surface area contributed by atoms with Gasteiger partial charge in [-0.25, -0.2) is 9.98 Å². The highest BCUT2D eigenvalue weighted by Gasteiger charge is 2.22. The van der Waals surface area contributed by atoms with Gasteiger partial charge in [0, 0.05) is 34.1 Å². The van der Waals surface area contributed by atoms with Gasteiger partial charge in [0.15, 0.2) is 11.0 Å². The molecule has 0 radical (unpaired) electrons. The number of thioether (sulfide) groups is 1. The Morgan fingerprint density at radius 2 is 1.67 bits per heavy atom. The molecule has 4 rings (SSSR count). The molecule has 120 valence electrons. The number of hydrogen-bond acceptors (Lipinski definition) is 3. The Hall–Kier alpha value is -1.75. The van der Waals surface area contributed by atoms with Crippen LogP contribution in [0.2, 0.25) is 10.0 Å². The highest BCUT2D eigenvalue weighted by molar-refractivity contribution is 7.99. The summed E-state index contributed by atoms with van der Waals surface area (Å²) < 4.78 is 2.17. The lowest BCUT2D eigenvalue weighted by Crippen LogP contribution is -1.93. The lowest BCUT2D eigenvalue weighted by molar-refractivity contribution is 0.723. The van der Waals surface area contributed by atoms with E-state index in [1.807, 2.05) is 54.7 Å². The van der Waals surface area contributed by atoms with Gasteiger partial charge < -0.3 is 4.57 Å². The third-order valence-electron chi connectivity index (χ3n) is 3.78. The standard InChI is InChI=1S/C18H13Cl2N3S/c19-14-5-1-12(2-6-14)11-21-17-16(13-3-7-15(20)8-4-13)22-18-23(17)9-10-24-18/h1-8,11H,9-10H2/b21-11+. The van der Waals surface area contributed by atoms with E-state index < -0.39 is 0 Å². The predicted octanol–water partition coefficient (Wildman–Crippen LogP) is 5.71. The number of hydrogen-bond donors (Lipinski definition) is 0. The summed E-state index contributed by atoms with van der Waals surface area (Å²) in [6, 6.07) is 15.3. The molecular formula is C18H13Cl2N3S. The van der Waals surface area contributed by atoms with Crippen LogP contribution < -0.4 is 0 Å². The van der Waals surface area contributed by atoms with E-state index in [0.717, 1.165) is 45.1 Å². The molecule has 0 bridgehead atoms. The van der Waals surface area contributed by atoms with E-state index in [1.165, 1.54) is 0 Å². The Morgan fingerprint density at radius 1 is 1.00 bits per heavy atom.